The highest BCUT2D eigenvalue weighted by atomic mass is 16.6. The summed E-state index contributed by atoms with van der Waals surface area (Å²) >= 11 is 0. The summed E-state index contributed by atoms with van der Waals surface area (Å²) in [6, 6.07) is 23.4. The SMILES string of the molecule is O=C1c2ccccc2NC(c2cccc([N+](=O)[O-])c2)N1Cc1ccccc1. The lowest BCUT2D eigenvalue weighted by Crippen LogP contribution is -2.42. The molecule has 0 spiro atoms. The minimum absolute atomic E-state index is 0.000249. The van der Waals surface area contributed by atoms with Gasteiger partial charge in [-0.15, -0.1) is 0 Å². The van der Waals surface area contributed by atoms with Crippen molar-refractivity contribution in [2.24, 2.45) is 0 Å². The summed E-state index contributed by atoms with van der Waals surface area (Å²) in [6.45, 7) is 0.397. The van der Waals surface area contributed by atoms with E-state index in [0.29, 0.717) is 17.7 Å². The van der Waals surface area contributed by atoms with Gasteiger partial charge in [0, 0.05) is 29.9 Å². The van der Waals surface area contributed by atoms with E-state index in [-0.39, 0.29) is 11.6 Å². The normalized spacial score (nSPS) is 15.8. The molecular weight excluding hydrogens is 342 g/mol. The molecule has 0 aliphatic carbocycles. The molecular formula is C21H17N3O3. The van der Waals surface area contributed by atoms with Crippen molar-refractivity contribution in [1.82, 2.24) is 4.90 Å². The largest absolute Gasteiger partial charge is 0.361 e. The van der Waals surface area contributed by atoms with Crippen LogP contribution in [0.15, 0.2) is 78.9 Å². The molecule has 3 aromatic carbocycles. The summed E-state index contributed by atoms with van der Waals surface area (Å²) in [6.07, 6.45) is -0.493. The average Bonchev–Trinajstić information content (AvgIpc) is 2.71. The molecule has 1 aliphatic heterocycles. The van der Waals surface area contributed by atoms with Crippen LogP contribution >= 0.6 is 0 Å². The van der Waals surface area contributed by atoms with Gasteiger partial charge in [-0.25, -0.2) is 0 Å². The monoisotopic (exact) mass is 359 g/mol. The van der Waals surface area contributed by atoms with Gasteiger partial charge < -0.3 is 10.2 Å². The van der Waals surface area contributed by atoms with Gasteiger partial charge in [0.1, 0.15) is 6.17 Å². The van der Waals surface area contributed by atoms with Crippen molar-refractivity contribution in [2.75, 3.05) is 5.32 Å². The number of fused-ring (bicyclic) bond motifs is 1. The fraction of sp³-hybridized carbons (Fsp3) is 0.0952. The highest BCUT2D eigenvalue weighted by Gasteiger charge is 2.33. The number of carbonyl (C=O) groups excluding carboxylic acids is 1. The molecule has 6 heteroatoms. The maximum atomic E-state index is 13.2. The Morgan fingerprint density at radius 3 is 2.48 bits per heavy atom. The van der Waals surface area contributed by atoms with Crippen LogP contribution in [0.25, 0.3) is 0 Å². The molecule has 1 atom stereocenters. The highest BCUT2D eigenvalue weighted by molar-refractivity contribution is 6.01. The van der Waals surface area contributed by atoms with Crippen LogP contribution < -0.4 is 5.32 Å². The molecule has 3 aromatic rings. The second-order valence-electron chi connectivity index (χ2n) is 6.36. The Balaban J connectivity index is 1.78. The van der Waals surface area contributed by atoms with Gasteiger partial charge in [0.25, 0.3) is 11.6 Å². The summed E-state index contributed by atoms with van der Waals surface area (Å²) < 4.78 is 0. The van der Waals surface area contributed by atoms with Crippen LogP contribution in [0.1, 0.15) is 27.7 Å². The Kier molecular flexibility index (Phi) is 4.30. The Hall–Kier alpha value is -3.67. The minimum Gasteiger partial charge on any atom is -0.361 e. The number of nitrogens with zero attached hydrogens (tertiary/aromatic N) is 2. The first-order valence-electron chi connectivity index (χ1n) is 8.58. The second-order valence-corrected chi connectivity index (χ2v) is 6.36. The number of anilines is 1. The zero-order valence-electron chi connectivity index (χ0n) is 14.4. The third-order valence-corrected chi connectivity index (χ3v) is 4.61. The predicted octanol–water partition coefficient (Wildman–Crippen LogP) is 4.36. The molecule has 0 fully saturated rings. The fourth-order valence-electron chi connectivity index (χ4n) is 3.31. The second kappa shape index (κ2) is 6.92. The van der Waals surface area contributed by atoms with Crippen molar-refractivity contribution < 1.29 is 9.72 Å². The number of para-hydroxylation sites is 1. The number of nitro groups is 1. The minimum atomic E-state index is -0.493. The fourth-order valence-corrected chi connectivity index (χ4v) is 3.31. The molecule has 0 saturated heterocycles. The van der Waals surface area contributed by atoms with Gasteiger partial charge in [-0.2, -0.15) is 0 Å². The van der Waals surface area contributed by atoms with Crippen LogP contribution in [0.3, 0.4) is 0 Å². The quantitative estimate of drug-likeness (QED) is 0.555. The maximum Gasteiger partial charge on any atom is 0.269 e. The zero-order valence-corrected chi connectivity index (χ0v) is 14.4. The summed E-state index contributed by atoms with van der Waals surface area (Å²) in [5, 5.41) is 14.5. The first-order valence-corrected chi connectivity index (χ1v) is 8.58. The molecule has 4 rings (SSSR count). The van der Waals surface area contributed by atoms with Gasteiger partial charge in [-0.3, -0.25) is 14.9 Å². The van der Waals surface area contributed by atoms with Crippen molar-refractivity contribution in [3.8, 4) is 0 Å². The van der Waals surface area contributed by atoms with Crippen molar-refractivity contribution >= 4 is 17.3 Å². The molecule has 27 heavy (non-hydrogen) atoms. The first-order chi connectivity index (χ1) is 13.1. The molecule has 0 aromatic heterocycles. The molecule has 0 bridgehead atoms. The highest BCUT2D eigenvalue weighted by Crippen LogP contribution is 2.35. The lowest BCUT2D eigenvalue weighted by atomic mass is 10.0. The molecule has 134 valence electrons. The van der Waals surface area contributed by atoms with E-state index in [0.717, 1.165) is 11.3 Å². The van der Waals surface area contributed by atoms with Gasteiger partial charge in [0.15, 0.2) is 0 Å². The molecule has 1 heterocycles. The standard InChI is InChI=1S/C21H17N3O3/c25-21-18-11-4-5-12-19(18)22-20(16-9-6-10-17(13-16)24(26)27)23(21)14-15-7-2-1-3-8-15/h1-13,20,22H,14H2. The summed E-state index contributed by atoms with van der Waals surface area (Å²) in [4.78, 5) is 25.6. The number of benzene rings is 3. The predicted molar refractivity (Wildman–Crippen MR) is 102 cm³/mol. The number of non-ortho nitro benzene ring substituents is 1. The zero-order chi connectivity index (χ0) is 18.8. The molecule has 0 radical (unpaired) electrons. The van der Waals surface area contributed by atoms with E-state index in [1.165, 1.54) is 12.1 Å². The Morgan fingerprint density at radius 1 is 0.963 bits per heavy atom. The third-order valence-electron chi connectivity index (χ3n) is 4.61. The van der Waals surface area contributed by atoms with E-state index in [2.05, 4.69) is 5.32 Å². The Bertz CT molecular complexity index is 1000. The maximum absolute atomic E-state index is 13.2. The third kappa shape index (κ3) is 3.25. The number of nitro benzene ring substituents is 1. The van der Waals surface area contributed by atoms with E-state index in [4.69, 9.17) is 0 Å². The van der Waals surface area contributed by atoms with Crippen LogP contribution in [0.5, 0.6) is 0 Å². The molecule has 1 aliphatic rings. The molecule has 1 unspecified atom stereocenters. The van der Waals surface area contributed by atoms with Gasteiger partial charge in [-0.05, 0) is 17.7 Å². The van der Waals surface area contributed by atoms with Crippen LogP contribution in [-0.2, 0) is 6.54 Å². The van der Waals surface area contributed by atoms with E-state index in [1.807, 2.05) is 48.5 Å². The van der Waals surface area contributed by atoms with Gasteiger partial charge in [-0.1, -0.05) is 54.6 Å². The van der Waals surface area contributed by atoms with Gasteiger partial charge in [0.05, 0.1) is 10.5 Å². The topological polar surface area (TPSA) is 75.5 Å². The van der Waals surface area contributed by atoms with Crippen molar-refractivity contribution in [3.05, 3.63) is 106 Å². The van der Waals surface area contributed by atoms with Gasteiger partial charge >= 0.3 is 0 Å². The number of rotatable bonds is 4. The van der Waals surface area contributed by atoms with E-state index in [1.54, 1.807) is 23.1 Å². The van der Waals surface area contributed by atoms with E-state index >= 15 is 0 Å². The van der Waals surface area contributed by atoms with Crippen LogP contribution in [0.2, 0.25) is 0 Å². The number of hydrogen-bond acceptors (Lipinski definition) is 4. The summed E-state index contributed by atoms with van der Waals surface area (Å²) in [7, 11) is 0. The average molecular weight is 359 g/mol. The number of carbonyl (C=O) groups is 1. The van der Waals surface area contributed by atoms with Crippen LogP contribution in [-0.4, -0.2) is 15.7 Å². The van der Waals surface area contributed by atoms with Crippen molar-refractivity contribution in [3.63, 3.8) is 0 Å². The summed E-state index contributed by atoms with van der Waals surface area (Å²) in [5.74, 6) is -0.107. The molecule has 0 saturated carbocycles. The number of nitrogens with one attached hydrogen (secondary N) is 1. The molecule has 1 amide bonds. The number of hydrogen-bond donors (Lipinski definition) is 1. The Morgan fingerprint density at radius 2 is 1.70 bits per heavy atom. The van der Waals surface area contributed by atoms with Crippen LogP contribution in [0.4, 0.5) is 11.4 Å². The number of amides is 1. The van der Waals surface area contributed by atoms with E-state index in [9.17, 15) is 14.9 Å². The smallest absolute Gasteiger partial charge is 0.269 e. The molecule has 6 nitrogen and oxygen atoms in total. The first kappa shape index (κ1) is 16.8. The Labute approximate surface area is 156 Å². The van der Waals surface area contributed by atoms with Gasteiger partial charge in [0.2, 0.25) is 0 Å². The van der Waals surface area contributed by atoms with E-state index < -0.39 is 11.1 Å². The lowest BCUT2D eigenvalue weighted by molar-refractivity contribution is -0.384. The van der Waals surface area contributed by atoms with Crippen molar-refractivity contribution in [1.29, 1.82) is 0 Å². The lowest BCUT2D eigenvalue weighted by Gasteiger charge is -2.38. The summed E-state index contributed by atoms with van der Waals surface area (Å²) in [5.41, 5.74) is 2.98. The van der Waals surface area contributed by atoms with Crippen molar-refractivity contribution in [2.45, 2.75) is 12.7 Å². The van der Waals surface area contributed by atoms with Crippen LogP contribution in [0, 0.1) is 10.1 Å². The molecule has 1 N–H and O–H groups in total.